The highest BCUT2D eigenvalue weighted by Crippen LogP contribution is 2.51. The Labute approximate surface area is 164 Å². The summed E-state index contributed by atoms with van der Waals surface area (Å²) in [6, 6.07) is 11.2. The molecule has 0 radical (unpaired) electrons. The molecule has 0 saturated heterocycles. The van der Waals surface area contributed by atoms with Crippen molar-refractivity contribution < 1.29 is 19.0 Å². The van der Waals surface area contributed by atoms with Crippen LogP contribution in [0.2, 0.25) is 5.15 Å². The molecule has 0 N–H and O–H groups in total. The fraction of sp³-hybridized carbons (Fsp3) is 0.429. The van der Waals surface area contributed by atoms with E-state index in [1.54, 1.807) is 19.2 Å². The zero-order chi connectivity index (χ0) is 19.6. The van der Waals surface area contributed by atoms with Gasteiger partial charge in [-0.1, -0.05) is 23.7 Å². The Kier molecular flexibility index (Phi) is 5.61. The predicted molar refractivity (Wildman–Crippen MR) is 103 cm³/mol. The Morgan fingerprint density at radius 3 is 2.52 bits per heavy atom. The summed E-state index contributed by atoms with van der Waals surface area (Å²) < 4.78 is 16.6. The number of rotatable bonds is 6. The van der Waals surface area contributed by atoms with Crippen molar-refractivity contribution in [1.29, 1.82) is 0 Å². The average molecular weight is 390 g/mol. The van der Waals surface area contributed by atoms with Crippen LogP contribution >= 0.6 is 11.6 Å². The minimum absolute atomic E-state index is 0.0237. The Morgan fingerprint density at radius 2 is 1.89 bits per heavy atom. The summed E-state index contributed by atoms with van der Waals surface area (Å²) in [7, 11) is 1.63. The first kappa shape index (κ1) is 19.5. The zero-order valence-electron chi connectivity index (χ0n) is 16.0. The van der Waals surface area contributed by atoms with Crippen LogP contribution in [-0.2, 0) is 16.1 Å². The smallest absolute Gasteiger partial charge is 0.310 e. The van der Waals surface area contributed by atoms with Crippen LogP contribution in [-0.4, -0.2) is 23.7 Å². The van der Waals surface area contributed by atoms with E-state index in [0.717, 1.165) is 11.3 Å². The van der Waals surface area contributed by atoms with Gasteiger partial charge in [-0.05, 0) is 57.0 Å². The molecule has 0 aliphatic heterocycles. The normalized spacial score (nSPS) is 18.7. The highest BCUT2D eigenvalue weighted by Gasteiger charge is 2.48. The van der Waals surface area contributed by atoms with E-state index in [9.17, 15) is 4.79 Å². The van der Waals surface area contributed by atoms with Crippen molar-refractivity contribution in [3.63, 3.8) is 0 Å². The molecule has 2 aromatic rings. The van der Waals surface area contributed by atoms with Gasteiger partial charge in [-0.25, -0.2) is 4.98 Å². The third kappa shape index (κ3) is 5.13. The number of halogens is 1. The summed E-state index contributed by atoms with van der Waals surface area (Å²) in [4.78, 5) is 16.7. The molecule has 1 heterocycles. The number of carbonyl (C=O) groups excluding carboxylic acids is 1. The van der Waals surface area contributed by atoms with E-state index >= 15 is 0 Å². The molecule has 1 saturated carbocycles. The van der Waals surface area contributed by atoms with Crippen LogP contribution < -0.4 is 9.47 Å². The number of benzene rings is 1. The van der Waals surface area contributed by atoms with Gasteiger partial charge in [0.25, 0.3) is 0 Å². The van der Waals surface area contributed by atoms with Gasteiger partial charge in [0.2, 0.25) is 0 Å². The number of ether oxygens (including phenoxy) is 3. The van der Waals surface area contributed by atoms with Crippen molar-refractivity contribution >= 4 is 17.6 Å². The Hall–Kier alpha value is -2.27. The first-order valence-electron chi connectivity index (χ1n) is 8.92. The summed E-state index contributed by atoms with van der Waals surface area (Å²) in [5.74, 6) is 1.02. The third-order valence-corrected chi connectivity index (χ3v) is 4.47. The van der Waals surface area contributed by atoms with E-state index in [2.05, 4.69) is 4.98 Å². The number of nitrogens with zero attached hydrogens (tertiary/aromatic N) is 1. The second-order valence-corrected chi connectivity index (χ2v) is 8.02. The molecular weight excluding hydrogens is 366 g/mol. The number of pyridine rings is 1. The first-order valence-corrected chi connectivity index (χ1v) is 9.29. The summed E-state index contributed by atoms with van der Waals surface area (Å²) in [5, 5.41) is 0.386. The highest BCUT2D eigenvalue weighted by molar-refractivity contribution is 6.29. The van der Waals surface area contributed by atoms with Crippen molar-refractivity contribution in [1.82, 2.24) is 4.98 Å². The summed E-state index contributed by atoms with van der Waals surface area (Å²) in [6.07, 6.45) is 0.696. The molecule has 27 heavy (non-hydrogen) atoms. The molecule has 1 aromatic heterocycles. The lowest BCUT2D eigenvalue weighted by Gasteiger charge is -2.19. The highest BCUT2D eigenvalue weighted by atomic mass is 35.5. The van der Waals surface area contributed by atoms with Crippen LogP contribution in [0.25, 0.3) is 0 Å². The van der Waals surface area contributed by atoms with Gasteiger partial charge in [-0.3, -0.25) is 4.79 Å². The van der Waals surface area contributed by atoms with Gasteiger partial charge >= 0.3 is 5.97 Å². The van der Waals surface area contributed by atoms with Crippen LogP contribution in [0.15, 0.2) is 36.4 Å². The Morgan fingerprint density at radius 1 is 1.19 bits per heavy atom. The molecular formula is C21H24ClNO4. The Balaban J connectivity index is 1.69. The third-order valence-electron chi connectivity index (χ3n) is 4.26. The van der Waals surface area contributed by atoms with Gasteiger partial charge in [0.15, 0.2) is 0 Å². The zero-order valence-corrected chi connectivity index (χ0v) is 16.7. The monoisotopic (exact) mass is 389 g/mol. The topological polar surface area (TPSA) is 57.7 Å². The molecule has 0 amide bonds. The van der Waals surface area contributed by atoms with Crippen molar-refractivity contribution in [2.24, 2.45) is 5.92 Å². The maximum Gasteiger partial charge on any atom is 0.310 e. The minimum atomic E-state index is -0.500. The number of hydrogen-bond acceptors (Lipinski definition) is 5. The summed E-state index contributed by atoms with van der Waals surface area (Å²) >= 11 is 6.08. The van der Waals surface area contributed by atoms with E-state index in [0.29, 0.717) is 29.6 Å². The van der Waals surface area contributed by atoms with Crippen molar-refractivity contribution in [2.75, 3.05) is 7.11 Å². The van der Waals surface area contributed by atoms with Gasteiger partial charge in [0.1, 0.15) is 28.9 Å². The van der Waals surface area contributed by atoms with Gasteiger partial charge in [0.05, 0.1) is 18.7 Å². The maximum atomic E-state index is 12.3. The van der Waals surface area contributed by atoms with Crippen LogP contribution in [0.5, 0.6) is 11.5 Å². The van der Waals surface area contributed by atoms with Gasteiger partial charge < -0.3 is 14.2 Å². The first-order chi connectivity index (χ1) is 12.8. The second kappa shape index (κ2) is 7.77. The predicted octanol–water partition coefficient (Wildman–Crippen LogP) is 4.77. The van der Waals surface area contributed by atoms with Crippen LogP contribution in [0.1, 0.15) is 44.4 Å². The van der Waals surface area contributed by atoms with Crippen molar-refractivity contribution in [2.45, 2.75) is 45.3 Å². The molecule has 1 aliphatic carbocycles. The molecule has 0 spiro atoms. The number of carbonyl (C=O) groups is 1. The van der Waals surface area contributed by atoms with Crippen molar-refractivity contribution in [3.8, 4) is 11.5 Å². The van der Waals surface area contributed by atoms with E-state index in [4.69, 9.17) is 25.8 Å². The number of esters is 1. The number of hydrogen-bond donors (Lipinski definition) is 0. The average Bonchev–Trinajstić information content (AvgIpc) is 3.40. The van der Waals surface area contributed by atoms with Gasteiger partial charge in [-0.15, -0.1) is 0 Å². The second-order valence-electron chi connectivity index (χ2n) is 7.64. The fourth-order valence-electron chi connectivity index (χ4n) is 2.84. The van der Waals surface area contributed by atoms with Gasteiger partial charge in [-0.2, -0.15) is 0 Å². The van der Waals surface area contributed by atoms with Gasteiger partial charge in [0, 0.05) is 5.92 Å². The minimum Gasteiger partial charge on any atom is -0.497 e. The lowest BCUT2D eigenvalue weighted by atomic mass is 10.1. The maximum absolute atomic E-state index is 12.3. The van der Waals surface area contributed by atoms with E-state index in [1.165, 1.54) is 0 Å². The van der Waals surface area contributed by atoms with E-state index in [-0.39, 0.29) is 17.8 Å². The molecule has 1 aromatic carbocycles. The fourth-order valence-corrected chi connectivity index (χ4v) is 3.00. The SMILES string of the molecule is COc1ccc(COc2ccc(Cl)nc2[C@H]2C[C@@H]2C(=O)OC(C)(C)C)cc1. The summed E-state index contributed by atoms with van der Waals surface area (Å²) in [5.41, 5.74) is 1.22. The summed E-state index contributed by atoms with van der Waals surface area (Å²) in [6.45, 7) is 5.99. The molecule has 1 fully saturated rings. The van der Waals surface area contributed by atoms with E-state index < -0.39 is 5.60 Å². The molecule has 5 nitrogen and oxygen atoms in total. The standard InChI is InChI=1S/C21H24ClNO4/c1-21(2,3)27-20(24)16-11-15(16)19-17(9-10-18(22)23-19)26-12-13-5-7-14(25-4)8-6-13/h5-10,15-16H,11-12H2,1-4H3/t15-,16-/m0/s1. The quantitative estimate of drug-likeness (QED) is 0.526. The molecule has 1 aliphatic rings. The van der Waals surface area contributed by atoms with E-state index in [1.807, 2.05) is 45.0 Å². The molecule has 3 rings (SSSR count). The van der Waals surface area contributed by atoms with Crippen LogP contribution in [0.3, 0.4) is 0 Å². The van der Waals surface area contributed by atoms with Crippen LogP contribution in [0, 0.1) is 5.92 Å². The lowest BCUT2D eigenvalue weighted by Crippen LogP contribution is -2.25. The lowest BCUT2D eigenvalue weighted by molar-refractivity contribution is -0.156. The number of aromatic nitrogens is 1. The molecule has 0 unspecified atom stereocenters. The molecule has 6 heteroatoms. The molecule has 2 atom stereocenters. The molecule has 144 valence electrons. The van der Waals surface area contributed by atoms with Crippen molar-refractivity contribution in [3.05, 3.63) is 52.8 Å². The van der Waals surface area contributed by atoms with Crippen LogP contribution in [0.4, 0.5) is 0 Å². The molecule has 0 bridgehead atoms. The number of methoxy groups -OCH3 is 1. The Bertz CT molecular complexity index is 814. The largest absolute Gasteiger partial charge is 0.497 e.